The number of rotatable bonds is 5. The highest BCUT2D eigenvalue weighted by Crippen LogP contribution is 2.19. The van der Waals surface area contributed by atoms with Crippen LogP contribution in [0.4, 0.5) is 10.8 Å². The van der Waals surface area contributed by atoms with Gasteiger partial charge in [-0.1, -0.05) is 12.1 Å². The molecule has 0 spiro atoms. The third-order valence-corrected chi connectivity index (χ3v) is 5.21. The number of anilines is 2. The minimum absolute atomic E-state index is 0.254. The summed E-state index contributed by atoms with van der Waals surface area (Å²) in [5, 5.41) is 3.05. The van der Waals surface area contributed by atoms with Crippen molar-refractivity contribution in [2.75, 3.05) is 50.1 Å². The summed E-state index contributed by atoms with van der Waals surface area (Å²) in [7, 11) is 4.07. The van der Waals surface area contributed by atoms with E-state index in [2.05, 4.69) is 39.0 Å². The number of hydrogen-bond donors (Lipinski definition) is 0. The van der Waals surface area contributed by atoms with Crippen LogP contribution in [-0.2, 0) is 11.2 Å². The van der Waals surface area contributed by atoms with E-state index in [1.807, 2.05) is 30.6 Å². The quantitative estimate of drug-likeness (QED) is 0.835. The molecule has 0 saturated carbocycles. The van der Waals surface area contributed by atoms with Crippen LogP contribution in [0.5, 0.6) is 0 Å². The summed E-state index contributed by atoms with van der Waals surface area (Å²) in [6, 6.07) is 8.40. The molecule has 1 aromatic carbocycles. The molecule has 1 aliphatic heterocycles. The Bertz CT molecular complexity index is 663. The van der Waals surface area contributed by atoms with Gasteiger partial charge in [0.2, 0.25) is 5.91 Å². The second kappa shape index (κ2) is 7.66. The SMILES string of the molecule is CN(C)c1cccc(CCC(=O)N2CCN(c3nccs3)CC2)c1. The monoisotopic (exact) mass is 344 g/mol. The van der Waals surface area contributed by atoms with E-state index < -0.39 is 0 Å². The van der Waals surface area contributed by atoms with Crippen LogP contribution in [0.3, 0.4) is 0 Å². The third kappa shape index (κ3) is 4.06. The number of carbonyl (C=O) groups is 1. The first-order valence-electron chi connectivity index (χ1n) is 8.32. The van der Waals surface area contributed by atoms with Crippen LogP contribution in [-0.4, -0.2) is 56.1 Å². The third-order valence-electron chi connectivity index (χ3n) is 4.38. The molecule has 24 heavy (non-hydrogen) atoms. The summed E-state index contributed by atoms with van der Waals surface area (Å²) < 4.78 is 0. The number of benzene rings is 1. The van der Waals surface area contributed by atoms with E-state index >= 15 is 0 Å². The van der Waals surface area contributed by atoms with Crippen LogP contribution >= 0.6 is 11.3 Å². The predicted molar refractivity (Wildman–Crippen MR) is 100.0 cm³/mol. The Morgan fingerprint density at radius 1 is 1.25 bits per heavy atom. The smallest absolute Gasteiger partial charge is 0.223 e. The molecule has 0 bridgehead atoms. The lowest BCUT2D eigenvalue weighted by molar-refractivity contribution is -0.131. The number of nitrogens with zero attached hydrogens (tertiary/aromatic N) is 4. The highest BCUT2D eigenvalue weighted by atomic mass is 32.1. The molecule has 2 heterocycles. The minimum Gasteiger partial charge on any atom is -0.378 e. The second-order valence-corrected chi connectivity index (χ2v) is 7.12. The fourth-order valence-electron chi connectivity index (χ4n) is 2.92. The molecule has 1 aliphatic rings. The average Bonchev–Trinajstić information content (AvgIpc) is 3.14. The van der Waals surface area contributed by atoms with E-state index in [0.29, 0.717) is 6.42 Å². The van der Waals surface area contributed by atoms with E-state index in [0.717, 1.165) is 37.7 Å². The van der Waals surface area contributed by atoms with E-state index in [1.54, 1.807) is 11.3 Å². The molecular weight excluding hydrogens is 320 g/mol. The van der Waals surface area contributed by atoms with Gasteiger partial charge in [-0.2, -0.15) is 0 Å². The number of carbonyl (C=O) groups excluding carboxylic acids is 1. The van der Waals surface area contributed by atoms with Crippen LogP contribution in [0.15, 0.2) is 35.8 Å². The van der Waals surface area contributed by atoms with Gasteiger partial charge in [0.15, 0.2) is 5.13 Å². The van der Waals surface area contributed by atoms with Crippen molar-refractivity contribution < 1.29 is 4.79 Å². The molecule has 128 valence electrons. The topological polar surface area (TPSA) is 39.7 Å². The first kappa shape index (κ1) is 16.8. The van der Waals surface area contributed by atoms with E-state index in [9.17, 15) is 4.79 Å². The Kier molecular flexibility index (Phi) is 5.35. The van der Waals surface area contributed by atoms with Gasteiger partial charge in [0.25, 0.3) is 0 Å². The number of aromatic nitrogens is 1. The lowest BCUT2D eigenvalue weighted by atomic mass is 10.1. The molecule has 1 fully saturated rings. The summed E-state index contributed by atoms with van der Waals surface area (Å²) in [4.78, 5) is 23.1. The van der Waals surface area contributed by atoms with Crippen LogP contribution in [0.2, 0.25) is 0 Å². The second-order valence-electron chi connectivity index (χ2n) is 6.25. The summed E-state index contributed by atoms with van der Waals surface area (Å²) >= 11 is 1.66. The van der Waals surface area contributed by atoms with Crippen molar-refractivity contribution in [1.29, 1.82) is 0 Å². The normalized spacial score (nSPS) is 14.8. The van der Waals surface area contributed by atoms with E-state index in [4.69, 9.17) is 0 Å². The molecule has 0 unspecified atom stereocenters. The van der Waals surface area contributed by atoms with Gasteiger partial charge in [-0.15, -0.1) is 11.3 Å². The van der Waals surface area contributed by atoms with Crippen LogP contribution in [0.1, 0.15) is 12.0 Å². The van der Waals surface area contributed by atoms with Gasteiger partial charge >= 0.3 is 0 Å². The molecule has 1 aromatic heterocycles. The first-order chi connectivity index (χ1) is 11.6. The number of hydrogen-bond acceptors (Lipinski definition) is 5. The minimum atomic E-state index is 0.254. The molecule has 0 atom stereocenters. The van der Waals surface area contributed by atoms with E-state index in [-0.39, 0.29) is 5.91 Å². The molecule has 0 radical (unpaired) electrons. The number of thiazole rings is 1. The summed E-state index contributed by atoms with van der Waals surface area (Å²) in [6.45, 7) is 3.32. The molecule has 3 rings (SSSR count). The molecule has 6 heteroatoms. The van der Waals surface area contributed by atoms with Gasteiger partial charge in [-0.05, 0) is 24.1 Å². The zero-order chi connectivity index (χ0) is 16.9. The maximum absolute atomic E-state index is 12.5. The van der Waals surface area contributed by atoms with Gasteiger partial charge in [0, 0.05) is 64.0 Å². The van der Waals surface area contributed by atoms with Crippen LogP contribution in [0.25, 0.3) is 0 Å². The Morgan fingerprint density at radius 2 is 2.04 bits per heavy atom. The summed E-state index contributed by atoms with van der Waals surface area (Å²) in [5.41, 5.74) is 2.40. The Morgan fingerprint density at radius 3 is 2.71 bits per heavy atom. The summed E-state index contributed by atoms with van der Waals surface area (Å²) in [6.07, 6.45) is 3.21. The van der Waals surface area contributed by atoms with Crippen molar-refractivity contribution >= 4 is 28.1 Å². The predicted octanol–water partition coefficient (Wildman–Crippen LogP) is 2.49. The molecule has 5 nitrogen and oxygen atoms in total. The molecular formula is C18H24N4OS. The number of piperazine rings is 1. The van der Waals surface area contributed by atoms with Crippen molar-refractivity contribution in [3.8, 4) is 0 Å². The maximum atomic E-state index is 12.5. The molecule has 0 aliphatic carbocycles. The highest BCUT2D eigenvalue weighted by Gasteiger charge is 2.22. The lowest BCUT2D eigenvalue weighted by Crippen LogP contribution is -2.48. The van der Waals surface area contributed by atoms with Gasteiger partial charge in [-0.25, -0.2) is 4.98 Å². The van der Waals surface area contributed by atoms with Crippen molar-refractivity contribution in [2.45, 2.75) is 12.8 Å². The fraction of sp³-hybridized carbons (Fsp3) is 0.444. The maximum Gasteiger partial charge on any atom is 0.223 e. The molecule has 2 aromatic rings. The molecule has 0 N–H and O–H groups in total. The van der Waals surface area contributed by atoms with E-state index in [1.165, 1.54) is 11.3 Å². The zero-order valence-electron chi connectivity index (χ0n) is 14.3. The Hall–Kier alpha value is -2.08. The standard InChI is InChI=1S/C18H24N4OS/c1-20(2)16-5-3-4-15(14-16)6-7-17(23)21-9-11-22(12-10-21)18-19-8-13-24-18/h3-5,8,13-14H,6-7,9-12H2,1-2H3. The molecule has 1 saturated heterocycles. The first-order valence-corrected chi connectivity index (χ1v) is 9.20. The van der Waals surface area contributed by atoms with Gasteiger partial charge in [-0.3, -0.25) is 4.79 Å². The van der Waals surface area contributed by atoms with Gasteiger partial charge in [0.1, 0.15) is 0 Å². The molecule has 1 amide bonds. The van der Waals surface area contributed by atoms with Crippen molar-refractivity contribution in [1.82, 2.24) is 9.88 Å². The average molecular weight is 344 g/mol. The number of aryl methyl sites for hydroxylation is 1. The fourth-order valence-corrected chi connectivity index (χ4v) is 3.62. The number of amides is 1. The van der Waals surface area contributed by atoms with Crippen LogP contribution < -0.4 is 9.80 Å². The van der Waals surface area contributed by atoms with Gasteiger partial charge < -0.3 is 14.7 Å². The summed E-state index contributed by atoms with van der Waals surface area (Å²) in [5.74, 6) is 0.254. The zero-order valence-corrected chi connectivity index (χ0v) is 15.1. The van der Waals surface area contributed by atoms with Gasteiger partial charge in [0.05, 0.1) is 0 Å². The lowest BCUT2D eigenvalue weighted by Gasteiger charge is -2.34. The van der Waals surface area contributed by atoms with Crippen molar-refractivity contribution in [3.63, 3.8) is 0 Å². The highest BCUT2D eigenvalue weighted by molar-refractivity contribution is 7.13. The Labute approximate surface area is 147 Å². The van der Waals surface area contributed by atoms with Crippen LogP contribution in [0, 0.1) is 0 Å². The largest absolute Gasteiger partial charge is 0.378 e. The van der Waals surface area contributed by atoms with Crippen molar-refractivity contribution in [2.24, 2.45) is 0 Å². The van der Waals surface area contributed by atoms with Crippen molar-refractivity contribution in [3.05, 3.63) is 41.4 Å². The Balaban J connectivity index is 1.48.